The van der Waals surface area contributed by atoms with Gasteiger partial charge in [0.15, 0.2) is 0 Å². The Hall–Kier alpha value is -1.87. The molecule has 0 bridgehead atoms. The highest BCUT2D eigenvalue weighted by molar-refractivity contribution is 7.99. The number of nitrogens with zero attached hydrogens (tertiary/aromatic N) is 2. The van der Waals surface area contributed by atoms with E-state index in [1.165, 1.54) is 10.5 Å². The first-order chi connectivity index (χ1) is 8.84. The Kier molecular flexibility index (Phi) is 2.99. The zero-order chi connectivity index (χ0) is 12.4. The summed E-state index contributed by atoms with van der Waals surface area (Å²) >= 11 is 1.69. The fraction of sp³-hybridized carbons (Fsp3) is 0.0667. The molecule has 0 aliphatic carbocycles. The summed E-state index contributed by atoms with van der Waals surface area (Å²) in [5, 5.41) is 2.11. The molecule has 1 aromatic heterocycles. The zero-order valence-corrected chi connectivity index (χ0v) is 10.8. The second-order valence-corrected chi connectivity index (χ2v) is 5.09. The predicted molar refractivity (Wildman–Crippen MR) is 74.8 cm³/mol. The van der Waals surface area contributed by atoms with Gasteiger partial charge in [-0.15, -0.1) is 0 Å². The maximum atomic E-state index is 4.40. The molecule has 1 heterocycles. The van der Waals surface area contributed by atoms with Crippen LogP contribution in [0.2, 0.25) is 0 Å². The van der Waals surface area contributed by atoms with Crippen molar-refractivity contribution in [2.24, 2.45) is 0 Å². The molecule has 2 nitrogen and oxygen atoms in total. The van der Waals surface area contributed by atoms with Gasteiger partial charge in [-0.25, -0.2) is 9.97 Å². The van der Waals surface area contributed by atoms with Gasteiger partial charge in [0.25, 0.3) is 0 Å². The minimum Gasteiger partial charge on any atom is -0.236 e. The molecule has 18 heavy (non-hydrogen) atoms. The second kappa shape index (κ2) is 4.78. The lowest BCUT2D eigenvalue weighted by atomic mass is 10.2. The zero-order valence-electron chi connectivity index (χ0n) is 10.00. The van der Waals surface area contributed by atoms with Crippen LogP contribution >= 0.6 is 11.8 Å². The number of hydrogen-bond acceptors (Lipinski definition) is 3. The monoisotopic (exact) mass is 252 g/mol. The molecule has 2 aromatic carbocycles. The number of rotatable bonds is 2. The van der Waals surface area contributed by atoms with E-state index < -0.39 is 0 Å². The third-order valence-corrected chi connectivity index (χ3v) is 4.00. The molecule has 0 saturated carbocycles. The molecule has 3 heteroatoms. The summed E-state index contributed by atoms with van der Waals surface area (Å²) in [6.45, 7) is 2.12. The molecular formula is C15H12N2S. The van der Waals surface area contributed by atoms with Gasteiger partial charge in [0, 0.05) is 10.3 Å². The van der Waals surface area contributed by atoms with Crippen molar-refractivity contribution >= 4 is 22.7 Å². The van der Waals surface area contributed by atoms with Crippen LogP contribution in [0.1, 0.15) is 5.56 Å². The van der Waals surface area contributed by atoms with Crippen molar-refractivity contribution in [3.05, 3.63) is 60.4 Å². The van der Waals surface area contributed by atoms with Crippen molar-refractivity contribution in [2.75, 3.05) is 0 Å². The number of fused-ring (bicyclic) bond motifs is 1. The van der Waals surface area contributed by atoms with Gasteiger partial charge in [0.2, 0.25) is 0 Å². The van der Waals surface area contributed by atoms with Crippen LogP contribution in [0.4, 0.5) is 0 Å². The molecule has 0 saturated heterocycles. The van der Waals surface area contributed by atoms with Gasteiger partial charge in [0.05, 0.1) is 5.52 Å². The van der Waals surface area contributed by atoms with Gasteiger partial charge in [-0.05, 0) is 24.6 Å². The fourth-order valence-corrected chi connectivity index (χ4v) is 2.80. The van der Waals surface area contributed by atoms with E-state index in [2.05, 4.69) is 47.2 Å². The summed E-state index contributed by atoms with van der Waals surface area (Å²) in [4.78, 5) is 9.91. The molecule has 0 amide bonds. The van der Waals surface area contributed by atoms with Gasteiger partial charge < -0.3 is 0 Å². The number of para-hydroxylation sites is 1. The molecular weight excluding hydrogens is 240 g/mol. The van der Waals surface area contributed by atoms with Crippen LogP contribution in [0.15, 0.2) is 64.8 Å². The molecule has 3 rings (SSSR count). The molecule has 0 spiro atoms. The van der Waals surface area contributed by atoms with Gasteiger partial charge in [-0.2, -0.15) is 0 Å². The van der Waals surface area contributed by atoms with E-state index in [1.54, 1.807) is 18.1 Å². The van der Waals surface area contributed by atoms with E-state index in [-0.39, 0.29) is 0 Å². The third-order valence-electron chi connectivity index (χ3n) is 2.81. The smallest absolute Gasteiger partial charge is 0.117 e. The lowest BCUT2D eigenvalue weighted by Gasteiger charge is -2.06. The van der Waals surface area contributed by atoms with E-state index >= 15 is 0 Å². The maximum Gasteiger partial charge on any atom is 0.117 e. The minimum absolute atomic E-state index is 0.989. The SMILES string of the molecule is Cc1ccccc1Sc1ncnc2ccccc12. The molecule has 0 aliphatic heterocycles. The summed E-state index contributed by atoms with van der Waals surface area (Å²) < 4.78 is 0. The highest BCUT2D eigenvalue weighted by Gasteiger charge is 2.06. The minimum atomic E-state index is 0.989. The normalized spacial score (nSPS) is 10.7. The summed E-state index contributed by atoms with van der Waals surface area (Å²) in [5.74, 6) is 0. The molecule has 88 valence electrons. The molecule has 0 fully saturated rings. The molecule has 3 aromatic rings. The molecule has 0 N–H and O–H groups in total. The Labute approximate surface area is 110 Å². The van der Waals surface area contributed by atoms with Crippen LogP contribution < -0.4 is 0 Å². The summed E-state index contributed by atoms with van der Waals surface area (Å²) in [7, 11) is 0. The fourth-order valence-electron chi connectivity index (χ4n) is 1.84. The number of benzene rings is 2. The Morgan fingerprint density at radius 3 is 2.56 bits per heavy atom. The van der Waals surface area contributed by atoms with Crippen molar-refractivity contribution in [3.8, 4) is 0 Å². The van der Waals surface area contributed by atoms with Gasteiger partial charge >= 0.3 is 0 Å². The second-order valence-electron chi connectivity index (χ2n) is 4.06. The van der Waals surface area contributed by atoms with Crippen LogP contribution in [0.5, 0.6) is 0 Å². The van der Waals surface area contributed by atoms with E-state index in [0.29, 0.717) is 0 Å². The Bertz CT molecular complexity index is 689. The van der Waals surface area contributed by atoms with E-state index in [9.17, 15) is 0 Å². The molecule has 0 atom stereocenters. The van der Waals surface area contributed by atoms with Crippen LogP contribution in [0.3, 0.4) is 0 Å². The van der Waals surface area contributed by atoms with Crippen molar-refractivity contribution in [3.63, 3.8) is 0 Å². The molecule has 0 unspecified atom stereocenters. The van der Waals surface area contributed by atoms with Crippen molar-refractivity contribution in [1.29, 1.82) is 0 Å². The molecule has 0 aliphatic rings. The van der Waals surface area contributed by atoms with Crippen LogP contribution in [0, 0.1) is 6.92 Å². The lowest BCUT2D eigenvalue weighted by Crippen LogP contribution is -1.87. The maximum absolute atomic E-state index is 4.40. The third kappa shape index (κ3) is 2.09. The van der Waals surface area contributed by atoms with Crippen molar-refractivity contribution < 1.29 is 0 Å². The van der Waals surface area contributed by atoms with E-state index in [0.717, 1.165) is 15.9 Å². The van der Waals surface area contributed by atoms with Crippen molar-refractivity contribution in [1.82, 2.24) is 9.97 Å². The summed E-state index contributed by atoms with van der Waals surface area (Å²) in [6, 6.07) is 16.4. The highest BCUT2D eigenvalue weighted by Crippen LogP contribution is 2.32. The summed E-state index contributed by atoms with van der Waals surface area (Å²) in [6.07, 6.45) is 1.63. The van der Waals surface area contributed by atoms with E-state index in [4.69, 9.17) is 0 Å². The Balaban J connectivity index is 2.08. The van der Waals surface area contributed by atoms with Crippen LogP contribution in [-0.2, 0) is 0 Å². The number of aromatic nitrogens is 2. The van der Waals surface area contributed by atoms with Gasteiger partial charge in [0.1, 0.15) is 11.4 Å². The van der Waals surface area contributed by atoms with Crippen LogP contribution in [-0.4, -0.2) is 9.97 Å². The number of hydrogen-bond donors (Lipinski definition) is 0. The average Bonchev–Trinajstić information content (AvgIpc) is 2.42. The first-order valence-corrected chi connectivity index (χ1v) is 6.59. The topological polar surface area (TPSA) is 25.8 Å². The molecule has 0 radical (unpaired) electrons. The lowest BCUT2D eigenvalue weighted by molar-refractivity contribution is 1.10. The number of aryl methyl sites for hydroxylation is 1. The highest BCUT2D eigenvalue weighted by atomic mass is 32.2. The average molecular weight is 252 g/mol. The first-order valence-electron chi connectivity index (χ1n) is 5.78. The largest absolute Gasteiger partial charge is 0.236 e. The standard InChI is InChI=1S/C15H12N2S/c1-11-6-2-5-9-14(11)18-15-12-7-3-4-8-13(12)16-10-17-15/h2-10H,1H3. The van der Waals surface area contributed by atoms with Gasteiger partial charge in [-0.3, -0.25) is 0 Å². The summed E-state index contributed by atoms with van der Waals surface area (Å²) in [5.41, 5.74) is 2.26. The van der Waals surface area contributed by atoms with E-state index in [1.807, 2.05) is 18.2 Å². The van der Waals surface area contributed by atoms with Crippen molar-refractivity contribution in [2.45, 2.75) is 16.8 Å². The van der Waals surface area contributed by atoms with Crippen LogP contribution in [0.25, 0.3) is 10.9 Å². The van der Waals surface area contributed by atoms with Gasteiger partial charge in [-0.1, -0.05) is 48.2 Å². The Morgan fingerprint density at radius 2 is 1.67 bits per heavy atom. The first kappa shape index (κ1) is 11.2. The quantitative estimate of drug-likeness (QED) is 0.642. The predicted octanol–water partition coefficient (Wildman–Crippen LogP) is 4.09. The Morgan fingerprint density at radius 1 is 0.889 bits per heavy atom.